The Morgan fingerprint density at radius 2 is 1.73 bits per heavy atom. The van der Waals surface area contributed by atoms with Gasteiger partial charge in [-0.15, -0.1) is 0 Å². The predicted molar refractivity (Wildman–Crippen MR) is 75.2 cm³/mol. The van der Waals surface area contributed by atoms with Crippen LogP contribution in [0.15, 0.2) is 18.2 Å². The summed E-state index contributed by atoms with van der Waals surface area (Å²) in [5.41, 5.74) is -4.04. The minimum absolute atomic E-state index is 0.132. The van der Waals surface area contributed by atoms with Crippen molar-refractivity contribution in [2.24, 2.45) is 0 Å². The molecule has 22 heavy (non-hydrogen) atoms. The zero-order valence-corrected chi connectivity index (χ0v) is 12.7. The molecule has 120 valence electrons. The predicted octanol–water partition coefficient (Wildman–Crippen LogP) is 1.83. The van der Waals surface area contributed by atoms with Crippen molar-refractivity contribution in [3.05, 3.63) is 29.3 Å². The van der Waals surface area contributed by atoms with Crippen LogP contribution in [0, 0.1) is 11.3 Å². The zero-order valence-electron chi connectivity index (χ0n) is 12.7. The van der Waals surface area contributed by atoms with E-state index in [9.17, 15) is 23.3 Å². The Morgan fingerprint density at radius 1 is 1.18 bits per heavy atom. The van der Waals surface area contributed by atoms with Crippen molar-refractivity contribution in [2.75, 3.05) is 0 Å². The van der Waals surface area contributed by atoms with Gasteiger partial charge in [-0.3, -0.25) is 0 Å². The van der Waals surface area contributed by atoms with Crippen molar-refractivity contribution in [3.63, 3.8) is 0 Å². The SMILES string of the molecule is CC(C)(O)C(C)(C)OB(O)c1cc(C(F)(F)F)ccc1C#N. The first-order valence-electron chi connectivity index (χ1n) is 6.49. The second-order valence-electron chi connectivity index (χ2n) is 5.95. The van der Waals surface area contributed by atoms with E-state index < -0.39 is 30.1 Å². The molecule has 0 aliphatic carbocycles. The molecule has 0 fully saturated rings. The van der Waals surface area contributed by atoms with E-state index >= 15 is 0 Å². The van der Waals surface area contributed by atoms with Gasteiger partial charge in [0.15, 0.2) is 0 Å². The highest BCUT2D eigenvalue weighted by Crippen LogP contribution is 2.29. The maximum Gasteiger partial charge on any atom is 0.493 e. The first-order chi connectivity index (χ1) is 9.79. The lowest BCUT2D eigenvalue weighted by atomic mass is 9.73. The lowest BCUT2D eigenvalue weighted by Gasteiger charge is -2.38. The van der Waals surface area contributed by atoms with E-state index in [1.807, 2.05) is 0 Å². The van der Waals surface area contributed by atoms with Gasteiger partial charge in [-0.05, 0) is 45.9 Å². The van der Waals surface area contributed by atoms with Crippen LogP contribution < -0.4 is 5.46 Å². The largest absolute Gasteiger partial charge is 0.493 e. The second kappa shape index (κ2) is 5.91. The molecule has 1 aromatic carbocycles. The summed E-state index contributed by atoms with van der Waals surface area (Å²) in [6.45, 7) is 5.85. The number of hydrogen-bond donors (Lipinski definition) is 2. The van der Waals surface area contributed by atoms with E-state index in [-0.39, 0.29) is 11.0 Å². The third kappa shape index (κ3) is 4.00. The molecular formula is C14H17BF3NO3. The maximum absolute atomic E-state index is 12.7. The molecule has 0 radical (unpaired) electrons. The molecule has 0 aliphatic heterocycles. The molecule has 0 bridgehead atoms. The fourth-order valence-electron chi connectivity index (χ4n) is 1.53. The lowest BCUT2D eigenvalue weighted by molar-refractivity contribution is -0.137. The highest BCUT2D eigenvalue weighted by Gasteiger charge is 2.41. The van der Waals surface area contributed by atoms with Gasteiger partial charge in [0, 0.05) is 5.46 Å². The van der Waals surface area contributed by atoms with Crippen LogP contribution in [0.4, 0.5) is 13.2 Å². The van der Waals surface area contributed by atoms with Crippen molar-refractivity contribution in [2.45, 2.75) is 45.1 Å². The Hall–Kier alpha value is -1.56. The number of benzene rings is 1. The van der Waals surface area contributed by atoms with Crippen molar-refractivity contribution in [1.82, 2.24) is 0 Å². The van der Waals surface area contributed by atoms with Crippen LogP contribution in [-0.2, 0) is 10.8 Å². The van der Waals surface area contributed by atoms with Gasteiger partial charge >= 0.3 is 13.3 Å². The standard InChI is InChI=1S/C14H17BF3NO3/c1-12(2,20)13(3,4)22-15(21)11-7-10(14(16,17)18)6-5-9(11)8-19/h5-7,20-21H,1-4H3. The first-order valence-corrected chi connectivity index (χ1v) is 6.49. The number of hydrogen-bond acceptors (Lipinski definition) is 4. The number of nitriles is 1. The van der Waals surface area contributed by atoms with Crippen LogP contribution in [0.1, 0.15) is 38.8 Å². The molecule has 1 aromatic rings. The Labute approximate surface area is 127 Å². The van der Waals surface area contributed by atoms with E-state index in [0.29, 0.717) is 6.07 Å². The Bertz CT molecular complexity index is 588. The van der Waals surface area contributed by atoms with Crippen LogP contribution in [0.3, 0.4) is 0 Å². The molecule has 4 nitrogen and oxygen atoms in total. The summed E-state index contributed by atoms with van der Waals surface area (Å²) in [6, 6.07) is 4.11. The van der Waals surface area contributed by atoms with Crippen molar-refractivity contribution < 1.29 is 28.0 Å². The van der Waals surface area contributed by atoms with Crippen LogP contribution in [0.2, 0.25) is 0 Å². The fraction of sp³-hybridized carbons (Fsp3) is 0.500. The quantitative estimate of drug-likeness (QED) is 0.832. The van der Waals surface area contributed by atoms with E-state index in [0.717, 1.165) is 12.1 Å². The fourth-order valence-corrected chi connectivity index (χ4v) is 1.53. The summed E-state index contributed by atoms with van der Waals surface area (Å²) in [7, 11) is -1.78. The average Bonchev–Trinajstić information content (AvgIpc) is 2.34. The van der Waals surface area contributed by atoms with E-state index in [1.165, 1.54) is 27.7 Å². The molecule has 8 heteroatoms. The van der Waals surface area contributed by atoms with E-state index in [2.05, 4.69) is 0 Å². The monoisotopic (exact) mass is 315 g/mol. The zero-order chi connectivity index (χ0) is 17.3. The van der Waals surface area contributed by atoms with Crippen molar-refractivity contribution >= 4 is 12.6 Å². The summed E-state index contributed by atoms with van der Waals surface area (Å²) >= 11 is 0. The normalized spacial score (nSPS) is 12.9. The summed E-state index contributed by atoms with van der Waals surface area (Å²) in [5.74, 6) is 0. The van der Waals surface area contributed by atoms with E-state index in [4.69, 9.17) is 9.92 Å². The molecule has 0 amide bonds. The topological polar surface area (TPSA) is 73.5 Å². The minimum Gasteiger partial charge on any atom is -0.423 e. The Morgan fingerprint density at radius 3 is 2.14 bits per heavy atom. The molecular weight excluding hydrogens is 298 g/mol. The van der Waals surface area contributed by atoms with Crippen molar-refractivity contribution in [1.29, 1.82) is 5.26 Å². The molecule has 0 atom stereocenters. The van der Waals surface area contributed by atoms with Crippen molar-refractivity contribution in [3.8, 4) is 6.07 Å². The maximum atomic E-state index is 12.7. The number of rotatable bonds is 4. The first kappa shape index (κ1) is 18.5. The van der Waals surface area contributed by atoms with Gasteiger partial charge in [0.05, 0.1) is 28.4 Å². The Kier molecular flexibility index (Phi) is 4.97. The molecule has 1 rings (SSSR count). The summed E-state index contributed by atoms with van der Waals surface area (Å²) in [4.78, 5) is 0. The number of halogens is 3. The van der Waals surface area contributed by atoms with Crippen LogP contribution in [0.5, 0.6) is 0 Å². The molecule has 0 aliphatic rings. The van der Waals surface area contributed by atoms with Gasteiger partial charge in [-0.2, -0.15) is 18.4 Å². The minimum atomic E-state index is -4.60. The molecule has 0 unspecified atom stereocenters. The second-order valence-corrected chi connectivity index (χ2v) is 5.95. The summed E-state index contributed by atoms with van der Waals surface area (Å²) in [5, 5.41) is 29.0. The van der Waals surface area contributed by atoms with Gasteiger partial charge < -0.3 is 14.8 Å². The van der Waals surface area contributed by atoms with E-state index in [1.54, 1.807) is 6.07 Å². The summed E-state index contributed by atoms with van der Waals surface area (Å²) < 4.78 is 43.5. The molecule has 0 saturated carbocycles. The van der Waals surface area contributed by atoms with Gasteiger partial charge in [0.1, 0.15) is 0 Å². The number of nitrogens with zero attached hydrogens (tertiary/aromatic N) is 1. The highest BCUT2D eigenvalue weighted by atomic mass is 19.4. The third-order valence-electron chi connectivity index (χ3n) is 3.65. The van der Waals surface area contributed by atoms with Crippen LogP contribution in [-0.4, -0.2) is 28.5 Å². The van der Waals surface area contributed by atoms with Gasteiger partial charge in [0.2, 0.25) is 0 Å². The average molecular weight is 315 g/mol. The van der Waals surface area contributed by atoms with Crippen LogP contribution in [0.25, 0.3) is 0 Å². The van der Waals surface area contributed by atoms with Gasteiger partial charge in [-0.1, -0.05) is 0 Å². The summed E-state index contributed by atoms with van der Waals surface area (Å²) in [6.07, 6.45) is -4.60. The van der Waals surface area contributed by atoms with Gasteiger partial charge in [-0.25, -0.2) is 0 Å². The lowest BCUT2D eigenvalue weighted by Crippen LogP contribution is -2.53. The van der Waals surface area contributed by atoms with Crippen LogP contribution >= 0.6 is 0 Å². The molecule has 0 saturated heterocycles. The van der Waals surface area contributed by atoms with Gasteiger partial charge in [0.25, 0.3) is 0 Å². The highest BCUT2D eigenvalue weighted by molar-refractivity contribution is 6.60. The smallest absolute Gasteiger partial charge is 0.423 e. The molecule has 2 N–H and O–H groups in total. The molecule has 0 heterocycles. The molecule has 0 spiro atoms. The number of aliphatic hydroxyl groups is 1. The molecule has 0 aromatic heterocycles. The third-order valence-corrected chi connectivity index (χ3v) is 3.65. The Balaban J connectivity index is 3.22. The number of alkyl halides is 3.